The lowest BCUT2D eigenvalue weighted by Crippen LogP contribution is -2.21. The third-order valence-corrected chi connectivity index (χ3v) is 4.81. The highest BCUT2D eigenvalue weighted by Gasteiger charge is 2.26. The van der Waals surface area contributed by atoms with E-state index < -0.39 is 0 Å². The number of aromatic amines is 1. The van der Waals surface area contributed by atoms with Crippen molar-refractivity contribution in [1.29, 1.82) is 0 Å². The molecule has 1 aromatic carbocycles. The summed E-state index contributed by atoms with van der Waals surface area (Å²) in [7, 11) is 3.38. The van der Waals surface area contributed by atoms with Crippen molar-refractivity contribution in [1.82, 2.24) is 9.88 Å². The maximum atomic E-state index is 12.4. The zero-order chi connectivity index (χ0) is 18.4. The van der Waals surface area contributed by atoms with Gasteiger partial charge in [-0.05, 0) is 43.2 Å². The summed E-state index contributed by atoms with van der Waals surface area (Å²) in [5, 5.41) is 2.82. The summed E-state index contributed by atoms with van der Waals surface area (Å²) >= 11 is 0. The van der Waals surface area contributed by atoms with Crippen LogP contribution in [-0.2, 0) is 11.2 Å². The number of hydrogen-bond donors (Lipinski definition) is 2. The number of aryl methyl sites for hydroxylation is 1. The molecule has 2 heterocycles. The fourth-order valence-electron chi connectivity index (χ4n) is 3.48. The highest BCUT2D eigenvalue weighted by molar-refractivity contribution is 6.35. The van der Waals surface area contributed by atoms with Gasteiger partial charge in [-0.2, -0.15) is 0 Å². The first-order valence-electron chi connectivity index (χ1n) is 8.58. The zero-order valence-electron chi connectivity index (χ0n) is 14.7. The maximum absolute atomic E-state index is 12.4. The first-order valence-corrected chi connectivity index (χ1v) is 8.58. The van der Waals surface area contributed by atoms with Crippen LogP contribution in [0.15, 0.2) is 24.3 Å². The van der Waals surface area contributed by atoms with Gasteiger partial charge in [0.25, 0.3) is 11.8 Å². The lowest BCUT2D eigenvalue weighted by Gasteiger charge is -2.11. The quantitative estimate of drug-likeness (QED) is 0.818. The fourth-order valence-corrected chi connectivity index (χ4v) is 3.48. The standard InChI is InChI=1S/C20H19N3O3/c1-23(2)20(26)11-6-7-17-13(8-11)14(19(25)22-17)9-12-10-15-16(21-12)4-3-5-18(15)24/h6-10,21H,3-5H2,1-2H3,(H,22,25)/b14-9-. The van der Waals surface area contributed by atoms with Gasteiger partial charge in [0.05, 0.1) is 5.57 Å². The predicted molar refractivity (Wildman–Crippen MR) is 99.0 cm³/mol. The molecule has 6 heteroatoms. The van der Waals surface area contributed by atoms with Gasteiger partial charge >= 0.3 is 0 Å². The molecular formula is C20H19N3O3. The molecule has 132 valence electrons. The lowest BCUT2D eigenvalue weighted by atomic mass is 9.97. The van der Waals surface area contributed by atoms with Gasteiger partial charge in [0.15, 0.2) is 5.78 Å². The molecule has 0 unspecified atom stereocenters. The molecule has 26 heavy (non-hydrogen) atoms. The minimum Gasteiger partial charge on any atom is -0.358 e. The molecular weight excluding hydrogens is 330 g/mol. The van der Waals surface area contributed by atoms with E-state index in [1.165, 1.54) is 4.90 Å². The minimum atomic E-state index is -0.214. The number of carbonyl (C=O) groups is 3. The Morgan fingerprint density at radius 3 is 2.65 bits per heavy atom. The van der Waals surface area contributed by atoms with Crippen LogP contribution in [0.2, 0.25) is 0 Å². The Morgan fingerprint density at radius 2 is 1.92 bits per heavy atom. The Morgan fingerprint density at radius 1 is 1.12 bits per heavy atom. The highest BCUT2D eigenvalue weighted by Crippen LogP contribution is 2.34. The first kappa shape index (κ1) is 16.3. The fraction of sp³-hybridized carbons (Fsp3) is 0.250. The molecule has 1 aliphatic heterocycles. The molecule has 0 atom stereocenters. The molecule has 0 spiro atoms. The van der Waals surface area contributed by atoms with E-state index in [0.29, 0.717) is 28.8 Å². The first-order chi connectivity index (χ1) is 12.4. The van der Waals surface area contributed by atoms with E-state index >= 15 is 0 Å². The van der Waals surface area contributed by atoms with Crippen molar-refractivity contribution < 1.29 is 14.4 Å². The van der Waals surface area contributed by atoms with E-state index in [1.54, 1.807) is 38.4 Å². The molecule has 1 aliphatic carbocycles. The molecule has 2 N–H and O–H groups in total. The molecule has 0 bridgehead atoms. The molecule has 4 rings (SSSR count). The lowest BCUT2D eigenvalue weighted by molar-refractivity contribution is -0.110. The van der Waals surface area contributed by atoms with Crippen LogP contribution in [0.25, 0.3) is 11.6 Å². The smallest absolute Gasteiger partial charge is 0.256 e. The van der Waals surface area contributed by atoms with Gasteiger partial charge < -0.3 is 15.2 Å². The van der Waals surface area contributed by atoms with E-state index in [9.17, 15) is 14.4 Å². The molecule has 1 aromatic heterocycles. The van der Waals surface area contributed by atoms with Gasteiger partial charge in [0.1, 0.15) is 0 Å². The van der Waals surface area contributed by atoms with Gasteiger partial charge in [-0.3, -0.25) is 14.4 Å². The summed E-state index contributed by atoms with van der Waals surface area (Å²) < 4.78 is 0. The summed E-state index contributed by atoms with van der Waals surface area (Å²) in [6, 6.07) is 6.99. The monoisotopic (exact) mass is 349 g/mol. The molecule has 2 aliphatic rings. The Balaban J connectivity index is 1.76. The van der Waals surface area contributed by atoms with Gasteiger partial charge in [0.2, 0.25) is 0 Å². The van der Waals surface area contributed by atoms with Crippen molar-refractivity contribution >= 4 is 34.9 Å². The highest BCUT2D eigenvalue weighted by atomic mass is 16.2. The molecule has 0 radical (unpaired) electrons. The number of H-pyrrole nitrogens is 1. The topological polar surface area (TPSA) is 82.3 Å². The minimum absolute atomic E-state index is 0.118. The van der Waals surface area contributed by atoms with Crippen LogP contribution in [-0.4, -0.2) is 41.6 Å². The Bertz CT molecular complexity index is 982. The number of anilines is 1. The van der Waals surface area contributed by atoms with Crippen LogP contribution < -0.4 is 5.32 Å². The molecule has 2 aromatic rings. The average Bonchev–Trinajstić information content (AvgIpc) is 3.16. The molecule has 6 nitrogen and oxygen atoms in total. The van der Waals surface area contributed by atoms with Crippen molar-refractivity contribution in [2.75, 3.05) is 19.4 Å². The summed E-state index contributed by atoms with van der Waals surface area (Å²) in [6.45, 7) is 0. The second-order valence-electron chi connectivity index (χ2n) is 6.87. The van der Waals surface area contributed by atoms with Crippen LogP contribution in [0.5, 0.6) is 0 Å². The van der Waals surface area contributed by atoms with Crippen molar-refractivity contribution in [3.05, 3.63) is 52.3 Å². The van der Waals surface area contributed by atoms with Crippen LogP contribution in [0.3, 0.4) is 0 Å². The predicted octanol–water partition coefficient (Wildman–Crippen LogP) is 2.73. The third kappa shape index (κ3) is 2.63. The van der Waals surface area contributed by atoms with E-state index in [4.69, 9.17) is 0 Å². The summed E-state index contributed by atoms with van der Waals surface area (Å²) in [5.41, 5.74) is 4.77. The second-order valence-corrected chi connectivity index (χ2v) is 6.87. The number of nitrogens with zero attached hydrogens (tertiary/aromatic N) is 1. The summed E-state index contributed by atoms with van der Waals surface area (Å²) in [5.74, 6) is -0.192. The molecule has 2 amide bonds. The Hall–Kier alpha value is -3.15. The molecule has 0 fully saturated rings. The second kappa shape index (κ2) is 5.98. The van der Waals surface area contributed by atoms with Crippen LogP contribution >= 0.6 is 0 Å². The van der Waals surface area contributed by atoms with Gasteiger partial charge in [-0.1, -0.05) is 0 Å². The van der Waals surface area contributed by atoms with E-state index in [2.05, 4.69) is 10.3 Å². The van der Waals surface area contributed by atoms with Crippen molar-refractivity contribution in [3.63, 3.8) is 0 Å². The number of aromatic nitrogens is 1. The van der Waals surface area contributed by atoms with Gasteiger partial charge in [-0.15, -0.1) is 0 Å². The zero-order valence-corrected chi connectivity index (χ0v) is 14.7. The number of Topliss-reactive ketones (excluding diaryl/α,β-unsaturated/α-hetero) is 1. The third-order valence-electron chi connectivity index (χ3n) is 4.81. The number of amides is 2. The van der Waals surface area contributed by atoms with Crippen molar-refractivity contribution in [2.45, 2.75) is 19.3 Å². The summed E-state index contributed by atoms with van der Waals surface area (Å²) in [4.78, 5) is 41.4. The summed E-state index contributed by atoms with van der Waals surface area (Å²) in [6.07, 6.45) is 4.01. The Kier molecular flexibility index (Phi) is 3.76. The number of benzene rings is 1. The number of rotatable bonds is 2. The van der Waals surface area contributed by atoms with Crippen LogP contribution in [0.1, 0.15) is 50.5 Å². The van der Waals surface area contributed by atoms with Crippen LogP contribution in [0, 0.1) is 0 Å². The van der Waals surface area contributed by atoms with E-state index in [1.807, 2.05) is 6.07 Å². The van der Waals surface area contributed by atoms with Crippen LogP contribution in [0.4, 0.5) is 5.69 Å². The average molecular weight is 349 g/mol. The number of fused-ring (bicyclic) bond motifs is 2. The normalized spacial score (nSPS) is 17.1. The molecule has 0 saturated carbocycles. The van der Waals surface area contributed by atoms with E-state index in [-0.39, 0.29) is 17.6 Å². The number of hydrogen-bond acceptors (Lipinski definition) is 3. The van der Waals surface area contributed by atoms with Gasteiger partial charge in [0, 0.05) is 54.3 Å². The van der Waals surface area contributed by atoms with E-state index in [0.717, 1.165) is 29.8 Å². The maximum Gasteiger partial charge on any atom is 0.256 e. The largest absolute Gasteiger partial charge is 0.358 e. The Labute approximate surface area is 150 Å². The SMILES string of the molecule is CN(C)C(=O)c1ccc2c(c1)/C(=C/c1cc3c([nH]1)CCCC3=O)C(=O)N2. The van der Waals surface area contributed by atoms with Crippen molar-refractivity contribution in [3.8, 4) is 0 Å². The van der Waals surface area contributed by atoms with Gasteiger partial charge in [-0.25, -0.2) is 0 Å². The molecule has 0 saturated heterocycles. The van der Waals surface area contributed by atoms with Crippen molar-refractivity contribution in [2.24, 2.45) is 0 Å². The number of ketones is 1. The number of nitrogens with one attached hydrogen (secondary N) is 2. The number of carbonyl (C=O) groups excluding carboxylic acids is 3.